The lowest BCUT2D eigenvalue weighted by Gasteiger charge is -2.08. The molecule has 1 aromatic carbocycles. The molecule has 0 aliphatic carbocycles. The summed E-state index contributed by atoms with van der Waals surface area (Å²) >= 11 is 1.12. The molecule has 9 heteroatoms. The van der Waals surface area contributed by atoms with Crippen molar-refractivity contribution < 1.29 is 23.1 Å². The van der Waals surface area contributed by atoms with Gasteiger partial charge in [0.15, 0.2) is 22.6 Å². The monoisotopic (exact) mass is 393 g/mol. The van der Waals surface area contributed by atoms with Crippen LogP contribution in [0.15, 0.2) is 17.3 Å². The number of halogens is 2. The molecule has 1 unspecified atom stereocenters. The van der Waals surface area contributed by atoms with E-state index in [4.69, 9.17) is 4.74 Å². The molecule has 6 nitrogen and oxygen atoms in total. The lowest BCUT2D eigenvalue weighted by molar-refractivity contribution is 0.0599. The molecule has 0 amide bonds. The van der Waals surface area contributed by atoms with Gasteiger partial charge in [0.2, 0.25) is 0 Å². The maximum atomic E-state index is 13.3. The number of aromatic amines is 2. The van der Waals surface area contributed by atoms with E-state index < -0.39 is 22.9 Å². The average Bonchev–Trinajstić information content (AvgIpc) is 3.13. The number of H-pyrrole nitrogens is 2. The molecule has 2 N–H and O–H groups in total. The number of imidazole rings is 1. The van der Waals surface area contributed by atoms with Crippen molar-refractivity contribution in [1.82, 2.24) is 15.0 Å². The lowest BCUT2D eigenvalue weighted by Crippen LogP contribution is -2.15. The zero-order valence-corrected chi connectivity index (χ0v) is 15.9. The number of Topliss-reactive ketones (excluding diaryl/α,β-unsaturated/α-hetero) is 1. The van der Waals surface area contributed by atoms with Crippen LogP contribution in [0.1, 0.15) is 39.0 Å². The van der Waals surface area contributed by atoms with Crippen LogP contribution in [0.5, 0.6) is 0 Å². The van der Waals surface area contributed by atoms with Gasteiger partial charge in [-0.2, -0.15) is 0 Å². The van der Waals surface area contributed by atoms with Crippen molar-refractivity contribution in [1.29, 1.82) is 0 Å². The van der Waals surface area contributed by atoms with E-state index in [1.165, 1.54) is 7.11 Å². The van der Waals surface area contributed by atoms with E-state index in [-0.39, 0.29) is 11.3 Å². The van der Waals surface area contributed by atoms with Gasteiger partial charge in [-0.3, -0.25) is 4.79 Å². The Bertz CT molecular complexity index is 1020. The third-order valence-corrected chi connectivity index (χ3v) is 5.22. The first-order valence-electron chi connectivity index (χ1n) is 8.06. The largest absolute Gasteiger partial charge is 0.465 e. The highest BCUT2D eigenvalue weighted by Gasteiger charge is 2.26. The Labute approximate surface area is 157 Å². The summed E-state index contributed by atoms with van der Waals surface area (Å²) in [5, 5.41) is -0.188. The number of aryl methyl sites for hydroxylation is 1. The van der Waals surface area contributed by atoms with Gasteiger partial charge >= 0.3 is 5.97 Å². The number of fused-ring (bicyclic) bond motifs is 1. The first-order valence-corrected chi connectivity index (χ1v) is 8.94. The molecule has 3 aromatic rings. The van der Waals surface area contributed by atoms with E-state index >= 15 is 0 Å². The fourth-order valence-corrected chi connectivity index (χ4v) is 3.75. The topological polar surface area (TPSA) is 87.8 Å². The summed E-state index contributed by atoms with van der Waals surface area (Å²) in [6.45, 7) is 5.05. The van der Waals surface area contributed by atoms with Crippen molar-refractivity contribution in [2.45, 2.75) is 31.2 Å². The number of methoxy groups -OCH3 is 1. The van der Waals surface area contributed by atoms with Gasteiger partial charge in [0.1, 0.15) is 0 Å². The van der Waals surface area contributed by atoms with Gasteiger partial charge in [-0.15, -0.1) is 0 Å². The number of hydrogen-bond donors (Lipinski definition) is 2. The molecule has 0 radical (unpaired) electrons. The smallest absolute Gasteiger partial charge is 0.339 e. The van der Waals surface area contributed by atoms with Gasteiger partial charge < -0.3 is 14.7 Å². The predicted octanol–water partition coefficient (Wildman–Crippen LogP) is 3.94. The number of ether oxygens (including phenoxy) is 1. The number of nitrogens with one attached hydrogen (secondary N) is 2. The zero-order chi connectivity index (χ0) is 19.9. The molecule has 0 fully saturated rings. The molecule has 2 heterocycles. The van der Waals surface area contributed by atoms with Crippen molar-refractivity contribution in [3.63, 3.8) is 0 Å². The number of nitrogens with zero attached hydrogens (tertiary/aromatic N) is 1. The number of carbonyl (C=O) groups excluding carboxylic acids is 2. The van der Waals surface area contributed by atoms with Gasteiger partial charge in [0, 0.05) is 17.8 Å². The Morgan fingerprint density at radius 1 is 1.19 bits per heavy atom. The maximum Gasteiger partial charge on any atom is 0.339 e. The van der Waals surface area contributed by atoms with Crippen molar-refractivity contribution in [2.75, 3.05) is 7.11 Å². The summed E-state index contributed by atoms with van der Waals surface area (Å²) in [5.41, 5.74) is 2.35. The minimum Gasteiger partial charge on any atom is -0.465 e. The highest BCUT2D eigenvalue weighted by molar-refractivity contribution is 8.00. The lowest BCUT2D eigenvalue weighted by atomic mass is 10.1. The van der Waals surface area contributed by atoms with Crippen LogP contribution in [0.4, 0.5) is 8.78 Å². The van der Waals surface area contributed by atoms with E-state index in [0.717, 1.165) is 23.9 Å². The molecule has 0 bridgehead atoms. The number of thioether (sulfide) groups is 1. The van der Waals surface area contributed by atoms with Gasteiger partial charge in [-0.05, 0) is 26.3 Å². The van der Waals surface area contributed by atoms with E-state index in [9.17, 15) is 18.4 Å². The summed E-state index contributed by atoms with van der Waals surface area (Å²) in [6.07, 6.45) is 0. The minimum absolute atomic E-state index is 0.228. The molecule has 0 spiro atoms. The number of hydrogen-bond acceptors (Lipinski definition) is 5. The van der Waals surface area contributed by atoms with Crippen LogP contribution in [0.2, 0.25) is 0 Å². The Kier molecular flexibility index (Phi) is 5.05. The van der Waals surface area contributed by atoms with Gasteiger partial charge in [-0.1, -0.05) is 11.8 Å². The van der Waals surface area contributed by atoms with Gasteiger partial charge in [0.25, 0.3) is 0 Å². The van der Waals surface area contributed by atoms with Crippen molar-refractivity contribution in [2.24, 2.45) is 0 Å². The normalized spacial score (nSPS) is 12.4. The number of benzene rings is 1. The fraction of sp³-hybridized carbons (Fsp3) is 0.278. The predicted molar refractivity (Wildman–Crippen MR) is 97.3 cm³/mol. The second kappa shape index (κ2) is 7.15. The second-order valence-corrected chi connectivity index (χ2v) is 7.40. The van der Waals surface area contributed by atoms with E-state index in [1.807, 2.05) is 0 Å². The van der Waals surface area contributed by atoms with Crippen molar-refractivity contribution >= 4 is 34.5 Å². The van der Waals surface area contributed by atoms with Crippen LogP contribution < -0.4 is 0 Å². The van der Waals surface area contributed by atoms with Crippen LogP contribution in [0.25, 0.3) is 11.0 Å². The minimum atomic E-state index is -0.984. The maximum absolute atomic E-state index is 13.3. The van der Waals surface area contributed by atoms with Crippen molar-refractivity contribution in [3.8, 4) is 0 Å². The standard InChI is InChI=1S/C18H17F2N3O3S/c1-7-14(17(25)26-4)8(2)21-15(7)16(24)9(3)27-18-22-12-5-10(19)11(20)6-13(12)23-18/h5-6,9,21H,1-4H3,(H,22,23). The Morgan fingerprint density at radius 3 is 2.52 bits per heavy atom. The molecule has 0 aliphatic heterocycles. The van der Waals surface area contributed by atoms with Crippen molar-refractivity contribution in [3.05, 3.63) is 46.3 Å². The molecule has 142 valence electrons. The zero-order valence-electron chi connectivity index (χ0n) is 15.1. The third kappa shape index (κ3) is 3.46. The number of carbonyl (C=O) groups is 2. The van der Waals surface area contributed by atoms with Crippen LogP contribution in [-0.4, -0.2) is 39.1 Å². The number of rotatable bonds is 5. The second-order valence-electron chi connectivity index (χ2n) is 6.07. The Balaban J connectivity index is 1.85. The third-order valence-electron chi connectivity index (χ3n) is 4.23. The summed E-state index contributed by atoms with van der Waals surface area (Å²) < 4.78 is 31.4. The number of esters is 1. The average molecular weight is 393 g/mol. The van der Waals surface area contributed by atoms with Gasteiger partial charge in [-0.25, -0.2) is 18.6 Å². The number of aromatic nitrogens is 3. The molecule has 0 saturated heterocycles. The Hall–Kier alpha value is -2.68. The molecule has 27 heavy (non-hydrogen) atoms. The van der Waals surface area contributed by atoms with Crippen LogP contribution >= 0.6 is 11.8 Å². The molecular weight excluding hydrogens is 376 g/mol. The summed E-state index contributed by atoms with van der Waals surface area (Å²) in [6, 6.07) is 2.02. The van der Waals surface area contributed by atoms with E-state index in [1.54, 1.807) is 20.8 Å². The van der Waals surface area contributed by atoms with E-state index in [0.29, 0.717) is 33.2 Å². The molecule has 2 aromatic heterocycles. The first-order chi connectivity index (χ1) is 12.7. The first kappa shape index (κ1) is 19.1. The SMILES string of the molecule is COC(=O)c1c(C)[nH]c(C(=O)C(C)Sc2nc3cc(F)c(F)cc3[nH]2)c1C. The summed E-state index contributed by atoms with van der Waals surface area (Å²) in [5.74, 6) is -2.70. The number of ketones is 1. The van der Waals surface area contributed by atoms with Crippen LogP contribution in [-0.2, 0) is 4.74 Å². The molecule has 0 saturated carbocycles. The fourth-order valence-electron chi connectivity index (χ4n) is 2.87. The van der Waals surface area contributed by atoms with E-state index in [2.05, 4.69) is 15.0 Å². The molecule has 1 atom stereocenters. The molecule has 3 rings (SSSR count). The summed E-state index contributed by atoms with van der Waals surface area (Å²) in [4.78, 5) is 34.7. The highest BCUT2D eigenvalue weighted by atomic mass is 32.2. The van der Waals surface area contributed by atoms with Crippen LogP contribution in [0, 0.1) is 25.5 Å². The summed E-state index contributed by atoms with van der Waals surface area (Å²) in [7, 11) is 1.28. The van der Waals surface area contributed by atoms with Gasteiger partial charge in [0.05, 0.1) is 34.7 Å². The highest BCUT2D eigenvalue weighted by Crippen LogP contribution is 2.28. The van der Waals surface area contributed by atoms with Crippen LogP contribution in [0.3, 0.4) is 0 Å². The molecular formula is C18H17F2N3O3S. The Morgan fingerprint density at radius 2 is 1.85 bits per heavy atom. The quantitative estimate of drug-likeness (QED) is 0.390. The molecule has 0 aliphatic rings.